The molecule has 0 bridgehead atoms. The van der Waals surface area contributed by atoms with Crippen molar-refractivity contribution >= 4 is 11.7 Å². The molecular weight excluding hydrogens is 345 g/mol. The maximum Gasteiger partial charge on any atom is 0.317 e. The third-order valence-corrected chi connectivity index (χ3v) is 4.71. The van der Waals surface area contributed by atoms with Gasteiger partial charge in [-0.15, -0.1) is 0 Å². The van der Waals surface area contributed by atoms with Gasteiger partial charge in [0.25, 0.3) is 0 Å². The lowest BCUT2D eigenvalue weighted by molar-refractivity contribution is 0.193. The molecule has 0 aromatic heterocycles. The Balaban J connectivity index is 1.33. The van der Waals surface area contributed by atoms with Crippen LogP contribution in [0.25, 0.3) is 0 Å². The van der Waals surface area contributed by atoms with Gasteiger partial charge in [0.1, 0.15) is 11.6 Å². The molecule has 2 aromatic carbocycles. The molecule has 6 heteroatoms. The van der Waals surface area contributed by atoms with Gasteiger partial charge in [-0.1, -0.05) is 18.2 Å². The van der Waals surface area contributed by atoms with E-state index >= 15 is 0 Å². The SMILES string of the molecule is Cc1ccccc1OCCCNC(=O)N1CCN(c2ccc(F)cc2)CC1. The molecule has 5 nitrogen and oxygen atoms in total. The van der Waals surface area contributed by atoms with Gasteiger partial charge in [0, 0.05) is 38.4 Å². The third-order valence-electron chi connectivity index (χ3n) is 4.71. The summed E-state index contributed by atoms with van der Waals surface area (Å²) < 4.78 is 18.8. The zero-order valence-corrected chi connectivity index (χ0v) is 15.7. The largest absolute Gasteiger partial charge is 0.493 e. The monoisotopic (exact) mass is 371 g/mol. The fourth-order valence-electron chi connectivity index (χ4n) is 3.10. The Morgan fingerprint density at radius 3 is 2.48 bits per heavy atom. The van der Waals surface area contributed by atoms with Gasteiger partial charge in [-0.2, -0.15) is 0 Å². The molecule has 0 unspecified atom stereocenters. The van der Waals surface area contributed by atoms with Crippen molar-refractivity contribution in [1.82, 2.24) is 10.2 Å². The Kier molecular flexibility index (Phi) is 6.52. The number of anilines is 1. The minimum absolute atomic E-state index is 0.0374. The molecule has 1 saturated heterocycles. The topological polar surface area (TPSA) is 44.8 Å². The number of hydrogen-bond acceptors (Lipinski definition) is 3. The summed E-state index contributed by atoms with van der Waals surface area (Å²) in [5.74, 6) is 0.656. The number of aryl methyl sites for hydroxylation is 1. The molecule has 2 amide bonds. The van der Waals surface area contributed by atoms with Gasteiger partial charge in [0.15, 0.2) is 0 Å². The first-order chi connectivity index (χ1) is 13.1. The predicted octanol–water partition coefficient (Wildman–Crippen LogP) is 3.43. The van der Waals surface area contributed by atoms with E-state index in [0.717, 1.165) is 36.5 Å². The number of ether oxygens (including phenoxy) is 1. The molecule has 2 aromatic rings. The molecule has 0 saturated carbocycles. The molecule has 144 valence electrons. The van der Waals surface area contributed by atoms with Crippen molar-refractivity contribution in [2.75, 3.05) is 44.2 Å². The van der Waals surface area contributed by atoms with Crippen molar-refractivity contribution in [3.8, 4) is 5.75 Å². The number of benzene rings is 2. The van der Waals surface area contributed by atoms with Gasteiger partial charge in [0.05, 0.1) is 6.61 Å². The highest BCUT2D eigenvalue weighted by molar-refractivity contribution is 5.74. The van der Waals surface area contributed by atoms with Crippen LogP contribution in [0.1, 0.15) is 12.0 Å². The number of nitrogens with one attached hydrogen (secondary N) is 1. The van der Waals surface area contributed by atoms with Gasteiger partial charge in [-0.25, -0.2) is 9.18 Å². The standard InChI is InChI=1S/C21H26FN3O2/c1-17-5-2-3-6-20(17)27-16-4-11-23-21(26)25-14-12-24(13-15-25)19-9-7-18(22)8-10-19/h2-3,5-10H,4,11-16H2,1H3,(H,23,26). The van der Waals surface area contributed by atoms with E-state index in [-0.39, 0.29) is 11.8 Å². The summed E-state index contributed by atoms with van der Waals surface area (Å²) in [5, 5.41) is 2.95. The molecule has 0 aliphatic carbocycles. The lowest BCUT2D eigenvalue weighted by Crippen LogP contribution is -2.52. The number of amides is 2. The quantitative estimate of drug-likeness (QED) is 0.792. The average Bonchev–Trinajstić information content (AvgIpc) is 2.69. The Morgan fingerprint density at radius 1 is 1.07 bits per heavy atom. The third kappa shape index (κ3) is 5.36. The Labute approximate surface area is 159 Å². The van der Waals surface area contributed by atoms with Crippen LogP contribution in [0.2, 0.25) is 0 Å². The van der Waals surface area contributed by atoms with Crippen LogP contribution in [0.15, 0.2) is 48.5 Å². The van der Waals surface area contributed by atoms with Gasteiger partial charge >= 0.3 is 6.03 Å². The van der Waals surface area contributed by atoms with Crippen LogP contribution in [-0.4, -0.2) is 50.3 Å². The number of halogens is 1. The van der Waals surface area contributed by atoms with E-state index in [1.807, 2.05) is 36.1 Å². The number of urea groups is 1. The Bertz CT molecular complexity index is 743. The first kappa shape index (κ1) is 19.0. The van der Waals surface area contributed by atoms with E-state index in [1.54, 1.807) is 12.1 Å². The van der Waals surface area contributed by atoms with Crippen molar-refractivity contribution in [1.29, 1.82) is 0 Å². The predicted molar refractivity (Wildman–Crippen MR) is 105 cm³/mol. The molecule has 1 heterocycles. The van der Waals surface area contributed by atoms with Crippen molar-refractivity contribution in [2.45, 2.75) is 13.3 Å². The number of para-hydroxylation sites is 1. The van der Waals surface area contributed by atoms with E-state index in [9.17, 15) is 9.18 Å². The lowest BCUT2D eigenvalue weighted by atomic mass is 10.2. The van der Waals surface area contributed by atoms with Crippen molar-refractivity contribution in [3.05, 3.63) is 59.9 Å². The number of carbonyl (C=O) groups is 1. The fourth-order valence-corrected chi connectivity index (χ4v) is 3.10. The molecule has 1 aliphatic rings. The normalized spacial score (nSPS) is 14.1. The lowest BCUT2D eigenvalue weighted by Gasteiger charge is -2.36. The smallest absolute Gasteiger partial charge is 0.317 e. The van der Waals surface area contributed by atoms with Crippen LogP contribution in [0.4, 0.5) is 14.9 Å². The first-order valence-electron chi connectivity index (χ1n) is 9.35. The molecule has 1 aliphatic heterocycles. The molecule has 1 fully saturated rings. The maximum atomic E-state index is 13.0. The van der Waals surface area contributed by atoms with Gasteiger partial charge in [0.2, 0.25) is 0 Å². The molecule has 3 rings (SSSR count). The van der Waals surface area contributed by atoms with Gasteiger partial charge in [-0.05, 0) is 49.2 Å². The maximum absolute atomic E-state index is 13.0. The molecule has 0 spiro atoms. The number of rotatable bonds is 6. The second kappa shape index (κ2) is 9.26. The van der Waals surface area contributed by atoms with E-state index in [1.165, 1.54) is 12.1 Å². The second-order valence-corrected chi connectivity index (χ2v) is 6.65. The minimum atomic E-state index is -0.233. The zero-order chi connectivity index (χ0) is 19.1. The fraction of sp³-hybridized carbons (Fsp3) is 0.381. The van der Waals surface area contributed by atoms with Crippen molar-refractivity contribution in [2.24, 2.45) is 0 Å². The molecule has 27 heavy (non-hydrogen) atoms. The van der Waals surface area contributed by atoms with Crippen LogP contribution < -0.4 is 15.0 Å². The summed E-state index contributed by atoms with van der Waals surface area (Å²) in [6, 6.07) is 14.4. The van der Waals surface area contributed by atoms with Crippen molar-refractivity contribution in [3.63, 3.8) is 0 Å². The number of piperazine rings is 1. The van der Waals surface area contributed by atoms with E-state index in [4.69, 9.17) is 4.74 Å². The number of carbonyl (C=O) groups excluding carboxylic acids is 1. The number of hydrogen-bond donors (Lipinski definition) is 1. The van der Waals surface area contributed by atoms with Crippen LogP contribution in [0.3, 0.4) is 0 Å². The summed E-state index contributed by atoms with van der Waals surface area (Å²) in [4.78, 5) is 16.3. The average molecular weight is 371 g/mol. The number of nitrogens with zero attached hydrogens (tertiary/aromatic N) is 2. The molecule has 1 N–H and O–H groups in total. The van der Waals surface area contributed by atoms with Crippen LogP contribution in [0.5, 0.6) is 5.75 Å². The Morgan fingerprint density at radius 2 is 1.78 bits per heavy atom. The molecule has 0 atom stereocenters. The minimum Gasteiger partial charge on any atom is -0.493 e. The second-order valence-electron chi connectivity index (χ2n) is 6.65. The van der Waals surface area contributed by atoms with Crippen LogP contribution >= 0.6 is 0 Å². The van der Waals surface area contributed by atoms with E-state index < -0.39 is 0 Å². The molecular formula is C21H26FN3O2. The summed E-state index contributed by atoms with van der Waals surface area (Å²) in [5.41, 5.74) is 2.10. The zero-order valence-electron chi connectivity index (χ0n) is 15.7. The van der Waals surface area contributed by atoms with E-state index in [0.29, 0.717) is 26.2 Å². The van der Waals surface area contributed by atoms with Gasteiger partial charge in [-0.3, -0.25) is 0 Å². The summed E-state index contributed by atoms with van der Waals surface area (Å²) in [6.45, 7) is 5.98. The van der Waals surface area contributed by atoms with Crippen LogP contribution in [-0.2, 0) is 0 Å². The highest BCUT2D eigenvalue weighted by Crippen LogP contribution is 2.17. The van der Waals surface area contributed by atoms with Crippen molar-refractivity contribution < 1.29 is 13.9 Å². The summed E-state index contributed by atoms with van der Waals surface area (Å²) in [6.07, 6.45) is 0.760. The Hall–Kier alpha value is -2.76. The highest BCUT2D eigenvalue weighted by atomic mass is 19.1. The van der Waals surface area contributed by atoms with Gasteiger partial charge < -0.3 is 19.9 Å². The van der Waals surface area contributed by atoms with E-state index in [2.05, 4.69) is 10.2 Å². The highest BCUT2D eigenvalue weighted by Gasteiger charge is 2.20. The summed E-state index contributed by atoms with van der Waals surface area (Å²) in [7, 11) is 0. The summed E-state index contributed by atoms with van der Waals surface area (Å²) >= 11 is 0. The molecule has 0 radical (unpaired) electrons. The first-order valence-corrected chi connectivity index (χ1v) is 9.35. The van der Waals surface area contributed by atoms with Crippen LogP contribution in [0, 0.1) is 12.7 Å².